The quantitative estimate of drug-likeness (QED) is 0.378. The summed E-state index contributed by atoms with van der Waals surface area (Å²) < 4.78 is 20.7. The summed E-state index contributed by atoms with van der Waals surface area (Å²) >= 11 is 0. The van der Waals surface area contributed by atoms with E-state index in [1.54, 1.807) is 50.2 Å². The zero-order valence-corrected chi connectivity index (χ0v) is 20.3. The van der Waals surface area contributed by atoms with Gasteiger partial charge in [0.2, 0.25) is 0 Å². The molecule has 2 aromatic rings. The fraction of sp³-hybridized carbons (Fsp3) is 0.385. The standard InChI is InChI=1S/C26H30N2O8/c1-3-33-25(31)27-19-10-6-12-21(15-19)35-23(29)17-8-5-9-18(14-17)24(30)36-22-13-7-11-20(16-22)28-26(32)34-4-2/h6-7,10-13,15-18H,3-5,8-9,14H2,1-2H3,(H,27,31)(H,28,32). The van der Waals surface area contributed by atoms with Crippen molar-refractivity contribution in [2.45, 2.75) is 39.5 Å². The van der Waals surface area contributed by atoms with E-state index in [0.29, 0.717) is 37.1 Å². The monoisotopic (exact) mass is 498 g/mol. The average Bonchev–Trinajstić information content (AvgIpc) is 2.85. The lowest BCUT2D eigenvalue weighted by atomic mass is 9.81. The van der Waals surface area contributed by atoms with Gasteiger partial charge in [-0.3, -0.25) is 20.2 Å². The van der Waals surface area contributed by atoms with Gasteiger partial charge in [0.25, 0.3) is 0 Å². The molecule has 2 amide bonds. The van der Waals surface area contributed by atoms with Gasteiger partial charge in [-0.25, -0.2) is 9.59 Å². The molecule has 0 aliphatic heterocycles. The second-order valence-corrected chi connectivity index (χ2v) is 8.15. The molecule has 0 radical (unpaired) electrons. The number of amides is 2. The van der Waals surface area contributed by atoms with Crippen molar-refractivity contribution in [3.05, 3.63) is 48.5 Å². The van der Waals surface area contributed by atoms with Gasteiger partial charge in [0, 0.05) is 23.5 Å². The van der Waals surface area contributed by atoms with Gasteiger partial charge in [-0.2, -0.15) is 0 Å². The van der Waals surface area contributed by atoms with E-state index in [2.05, 4.69) is 10.6 Å². The van der Waals surface area contributed by atoms with Crippen molar-refractivity contribution in [1.82, 2.24) is 0 Å². The second-order valence-electron chi connectivity index (χ2n) is 8.15. The van der Waals surface area contributed by atoms with Gasteiger partial charge in [-0.1, -0.05) is 18.6 Å². The molecule has 10 nitrogen and oxygen atoms in total. The highest BCUT2D eigenvalue weighted by Crippen LogP contribution is 2.32. The number of rotatable bonds is 8. The lowest BCUT2D eigenvalue weighted by Crippen LogP contribution is -2.32. The van der Waals surface area contributed by atoms with Crippen LogP contribution in [0.2, 0.25) is 0 Å². The van der Waals surface area contributed by atoms with E-state index < -0.39 is 36.0 Å². The molecule has 0 aromatic heterocycles. The number of nitrogens with one attached hydrogen (secondary N) is 2. The first-order valence-electron chi connectivity index (χ1n) is 11.9. The third-order valence-electron chi connectivity index (χ3n) is 5.49. The first-order valence-corrected chi connectivity index (χ1v) is 11.9. The van der Waals surface area contributed by atoms with Crippen LogP contribution in [0.4, 0.5) is 21.0 Å². The van der Waals surface area contributed by atoms with Gasteiger partial charge >= 0.3 is 24.1 Å². The number of esters is 2. The first kappa shape index (κ1) is 26.5. The molecule has 1 aliphatic carbocycles. The number of ether oxygens (including phenoxy) is 4. The molecule has 0 bridgehead atoms. The van der Waals surface area contributed by atoms with E-state index >= 15 is 0 Å². The van der Waals surface area contributed by atoms with Crippen LogP contribution in [0, 0.1) is 11.8 Å². The molecule has 1 saturated carbocycles. The molecule has 2 N–H and O–H groups in total. The van der Waals surface area contributed by atoms with Crippen LogP contribution in [0.5, 0.6) is 11.5 Å². The minimum atomic E-state index is -0.600. The molecule has 36 heavy (non-hydrogen) atoms. The smallest absolute Gasteiger partial charge is 0.411 e. The zero-order valence-electron chi connectivity index (χ0n) is 20.3. The van der Waals surface area contributed by atoms with Crippen molar-refractivity contribution in [3.63, 3.8) is 0 Å². The molecule has 192 valence electrons. The van der Waals surface area contributed by atoms with Crippen molar-refractivity contribution < 1.29 is 38.1 Å². The molecular weight excluding hydrogens is 468 g/mol. The van der Waals surface area contributed by atoms with Gasteiger partial charge in [0.1, 0.15) is 11.5 Å². The third kappa shape index (κ3) is 8.00. The summed E-state index contributed by atoms with van der Waals surface area (Å²) in [7, 11) is 0. The highest BCUT2D eigenvalue weighted by Gasteiger charge is 2.33. The maximum atomic E-state index is 12.8. The Hall–Kier alpha value is -4.08. The Bertz CT molecular complexity index is 1000. The van der Waals surface area contributed by atoms with E-state index in [9.17, 15) is 19.2 Å². The van der Waals surface area contributed by atoms with Gasteiger partial charge in [-0.15, -0.1) is 0 Å². The van der Waals surface area contributed by atoms with Gasteiger partial charge in [-0.05, 0) is 57.4 Å². The highest BCUT2D eigenvalue weighted by molar-refractivity contribution is 5.86. The SMILES string of the molecule is CCOC(=O)Nc1cccc(OC(=O)C2CCCC(C(=O)Oc3cccc(NC(=O)OCC)c3)C2)c1. The molecule has 10 heteroatoms. The third-order valence-corrected chi connectivity index (χ3v) is 5.49. The fourth-order valence-electron chi connectivity index (χ4n) is 3.86. The fourth-order valence-corrected chi connectivity index (χ4v) is 3.86. The topological polar surface area (TPSA) is 129 Å². The summed E-state index contributed by atoms with van der Waals surface area (Å²) in [6.45, 7) is 3.88. The minimum Gasteiger partial charge on any atom is -0.450 e. The Morgan fingerprint density at radius 1 is 0.750 bits per heavy atom. The largest absolute Gasteiger partial charge is 0.450 e. The summed E-state index contributed by atoms with van der Waals surface area (Å²) in [5, 5.41) is 5.12. The Morgan fingerprint density at radius 3 is 1.61 bits per heavy atom. The van der Waals surface area contributed by atoms with E-state index in [-0.39, 0.29) is 24.7 Å². The first-order chi connectivity index (χ1) is 17.4. The summed E-state index contributed by atoms with van der Waals surface area (Å²) in [6.07, 6.45) is 0.979. The van der Waals surface area contributed by atoms with E-state index in [4.69, 9.17) is 18.9 Å². The van der Waals surface area contributed by atoms with Crippen LogP contribution in [0.25, 0.3) is 0 Å². The molecule has 0 heterocycles. The summed E-state index contributed by atoms with van der Waals surface area (Å²) in [6, 6.07) is 12.9. The van der Waals surface area contributed by atoms with Crippen LogP contribution < -0.4 is 20.1 Å². The van der Waals surface area contributed by atoms with E-state index in [1.807, 2.05) is 0 Å². The number of carbonyl (C=O) groups is 4. The Kier molecular flexibility index (Phi) is 9.67. The Labute approximate surface area is 209 Å². The normalized spacial score (nSPS) is 16.8. The predicted molar refractivity (Wildman–Crippen MR) is 131 cm³/mol. The average molecular weight is 499 g/mol. The Balaban J connectivity index is 1.55. The summed E-state index contributed by atoms with van der Waals surface area (Å²) in [4.78, 5) is 48.8. The molecule has 3 rings (SSSR count). The molecule has 1 aliphatic rings. The van der Waals surface area contributed by atoms with Crippen LogP contribution in [-0.4, -0.2) is 37.3 Å². The second kappa shape index (κ2) is 13.1. The van der Waals surface area contributed by atoms with Crippen molar-refractivity contribution in [2.75, 3.05) is 23.8 Å². The molecule has 2 atom stereocenters. The van der Waals surface area contributed by atoms with Crippen LogP contribution in [-0.2, 0) is 19.1 Å². The van der Waals surface area contributed by atoms with E-state index in [1.165, 1.54) is 12.1 Å². The number of hydrogen-bond donors (Lipinski definition) is 2. The van der Waals surface area contributed by atoms with Crippen molar-refractivity contribution in [2.24, 2.45) is 11.8 Å². The van der Waals surface area contributed by atoms with Crippen molar-refractivity contribution >= 4 is 35.5 Å². The molecule has 2 unspecified atom stereocenters. The molecule has 1 fully saturated rings. The van der Waals surface area contributed by atoms with Crippen LogP contribution >= 0.6 is 0 Å². The van der Waals surface area contributed by atoms with Crippen molar-refractivity contribution in [3.8, 4) is 11.5 Å². The Morgan fingerprint density at radius 2 is 1.19 bits per heavy atom. The molecule has 0 spiro atoms. The van der Waals surface area contributed by atoms with Gasteiger partial charge < -0.3 is 18.9 Å². The van der Waals surface area contributed by atoms with Gasteiger partial charge in [0.15, 0.2) is 0 Å². The van der Waals surface area contributed by atoms with Crippen molar-refractivity contribution in [1.29, 1.82) is 0 Å². The zero-order chi connectivity index (χ0) is 25.9. The minimum absolute atomic E-state index is 0.238. The molecule has 0 saturated heterocycles. The molecular formula is C26H30N2O8. The maximum absolute atomic E-state index is 12.8. The summed E-state index contributed by atoms with van der Waals surface area (Å²) in [5.41, 5.74) is 0.868. The number of benzene rings is 2. The lowest BCUT2D eigenvalue weighted by Gasteiger charge is -2.26. The maximum Gasteiger partial charge on any atom is 0.411 e. The number of carbonyl (C=O) groups excluding carboxylic acids is 4. The number of anilines is 2. The molecule has 2 aromatic carbocycles. The van der Waals surface area contributed by atoms with E-state index in [0.717, 1.165) is 0 Å². The lowest BCUT2D eigenvalue weighted by molar-refractivity contribution is -0.144. The highest BCUT2D eigenvalue weighted by atomic mass is 16.6. The predicted octanol–water partition coefficient (Wildman–Crippen LogP) is 5.14. The van der Waals surface area contributed by atoms with Crippen LogP contribution in [0.1, 0.15) is 39.5 Å². The van der Waals surface area contributed by atoms with Gasteiger partial charge in [0.05, 0.1) is 25.0 Å². The summed E-state index contributed by atoms with van der Waals surface area (Å²) in [5.74, 6) is -1.25. The van der Waals surface area contributed by atoms with Crippen LogP contribution in [0.15, 0.2) is 48.5 Å². The van der Waals surface area contributed by atoms with Crippen LogP contribution in [0.3, 0.4) is 0 Å². The number of hydrogen-bond acceptors (Lipinski definition) is 8.